The number of benzene rings is 1. The average molecular weight is 473 g/mol. The van der Waals surface area contributed by atoms with E-state index in [0.717, 1.165) is 62.8 Å². The maximum absolute atomic E-state index is 13.4. The van der Waals surface area contributed by atoms with Crippen LogP contribution in [0.3, 0.4) is 0 Å². The van der Waals surface area contributed by atoms with Crippen molar-refractivity contribution >= 4 is 34.0 Å². The number of rotatable bonds is 9. The molecule has 178 valence electrons. The van der Waals surface area contributed by atoms with Crippen LogP contribution in [0.1, 0.15) is 43.7 Å². The van der Waals surface area contributed by atoms with Crippen LogP contribution in [0.4, 0.5) is 10.8 Å². The summed E-state index contributed by atoms with van der Waals surface area (Å²) in [6.45, 7) is 8.93. The smallest absolute Gasteiger partial charge is 0.326 e. The first-order valence-corrected chi connectivity index (χ1v) is 12.7. The molecule has 33 heavy (non-hydrogen) atoms. The highest BCUT2D eigenvalue weighted by atomic mass is 32.1. The molecule has 2 aliphatic rings. The summed E-state index contributed by atoms with van der Waals surface area (Å²) in [4.78, 5) is 27.8. The zero-order valence-corrected chi connectivity index (χ0v) is 20.4. The van der Waals surface area contributed by atoms with Gasteiger partial charge >= 0.3 is 11.0 Å². The van der Waals surface area contributed by atoms with Gasteiger partial charge in [0.05, 0.1) is 19.6 Å². The van der Waals surface area contributed by atoms with Crippen molar-refractivity contribution in [2.75, 3.05) is 32.8 Å². The van der Waals surface area contributed by atoms with Gasteiger partial charge in [0.2, 0.25) is 5.91 Å². The van der Waals surface area contributed by atoms with Gasteiger partial charge in [-0.05, 0) is 29.2 Å². The number of hydrogen-bond donors (Lipinski definition) is 1. The van der Waals surface area contributed by atoms with Crippen molar-refractivity contribution in [3.8, 4) is 0 Å². The molecule has 1 aromatic carbocycles. The minimum absolute atomic E-state index is 0.0515. The Bertz CT molecular complexity index is 973. The Labute approximate surface area is 199 Å². The summed E-state index contributed by atoms with van der Waals surface area (Å²) >= 11 is 1.48. The van der Waals surface area contributed by atoms with E-state index in [1.807, 2.05) is 12.1 Å². The number of hydrogen-bond acceptors (Lipinski definition) is 7. The predicted octanol–water partition coefficient (Wildman–Crippen LogP) is 3.02. The molecule has 3 unspecified atom stereocenters. The highest BCUT2D eigenvalue weighted by Crippen LogP contribution is 2.43. The monoisotopic (exact) mass is 472 g/mol. The fourth-order valence-corrected chi connectivity index (χ4v) is 5.58. The molecule has 3 heterocycles. The first-order chi connectivity index (χ1) is 15.9. The zero-order chi connectivity index (χ0) is 23.4. The van der Waals surface area contributed by atoms with Crippen LogP contribution in [-0.2, 0) is 27.3 Å². The third-order valence-electron chi connectivity index (χ3n) is 6.96. The van der Waals surface area contributed by atoms with Gasteiger partial charge in [-0.25, -0.2) is 4.79 Å². The molecule has 0 bridgehead atoms. The zero-order valence-electron chi connectivity index (χ0n) is 19.5. The maximum Gasteiger partial charge on any atom is 0.326 e. The molecule has 0 radical (unpaired) electrons. The lowest BCUT2D eigenvalue weighted by molar-refractivity contribution is -0.126. The van der Waals surface area contributed by atoms with Gasteiger partial charge in [-0.15, -0.1) is 5.10 Å². The third-order valence-corrected chi connectivity index (χ3v) is 8.06. The van der Waals surface area contributed by atoms with E-state index >= 15 is 0 Å². The molecule has 9 heteroatoms. The fraction of sp³-hybridized carbons (Fsp3) is 0.583. The number of aromatic nitrogens is 2. The van der Waals surface area contributed by atoms with Crippen LogP contribution < -0.4 is 10.2 Å². The quantitative estimate of drug-likeness (QED) is 0.564. The van der Waals surface area contributed by atoms with Crippen LogP contribution in [0.5, 0.6) is 0 Å². The van der Waals surface area contributed by atoms with Crippen molar-refractivity contribution < 1.29 is 14.3 Å². The largest absolute Gasteiger partial charge is 0.379 e. The van der Waals surface area contributed by atoms with E-state index in [0.29, 0.717) is 17.6 Å². The SMILES string of the molecule is CCC(C)CCc1nnc([N+]2(c3ccc(CN4CCOCC4)cc3)CC(C(N)=O)CC2=O)s1. The number of morpholine rings is 1. The standard InChI is InChI=1S/C24H33N5O3S/c1-3-17(2)4-9-21-26-27-24(33-21)29(16-19(23(25)31)14-22(29)30)20-7-5-18(6-8-20)15-28-10-12-32-13-11-28/h5-8,17,19H,3-4,9-16H2,1-2H3,(H-,25,31)/p+1. The number of carbonyl (C=O) groups is 2. The number of aryl methyl sites for hydroxylation is 1. The maximum atomic E-state index is 13.4. The second-order valence-electron chi connectivity index (χ2n) is 9.27. The molecule has 0 saturated carbocycles. The Morgan fingerprint density at radius 1 is 1.27 bits per heavy atom. The van der Waals surface area contributed by atoms with Gasteiger partial charge in [-0.3, -0.25) is 9.69 Å². The van der Waals surface area contributed by atoms with Gasteiger partial charge in [-0.1, -0.05) is 37.5 Å². The lowest BCUT2D eigenvalue weighted by atomic mass is 10.0. The molecule has 2 amide bonds. The number of nitrogens with zero attached hydrogens (tertiary/aromatic N) is 4. The van der Waals surface area contributed by atoms with E-state index < -0.39 is 11.8 Å². The van der Waals surface area contributed by atoms with Gasteiger partial charge in [0, 0.05) is 38.2 Å². The molecule has 2 aliphatic heterocycles. The highest BCUT2D eigenvalue weighted by molar-refractivity contribution is 7.15. The number of primary amides is 1. The summed E-state index contributed by atoms with van der Waals surface area (Å²) in [5.41, 5.74) is 7.62. The normalized spacial score (nSPS) is 24.8. The van der Waals surface area contributed by atoms with Crippen LogP contribution in [0.25, 0.3) is 0 Å². The van der Waals surface area contributed by atoms with E-state index in [4.69, 9.17) is 10.5 Å². The minimum atomic E-state index is -0.502. The van der Waals surface area contributed by atoms with Crippen molar-refractivity contribution in [2.45, 2.75) is 46.1 Å². The van der Waals surface area contributed by atoms with Crippen LogP contribution in [0.2, 0.25) is 0 Å². The second kappa shape index (κ2) is 10.4. The topological polar surface area (TPSA) is 98.4 Å². The number of nitrogens with two attached hydrogens (primary N) is 1. The molecule has 0 aliphatic carbocycles. The minimum Gasteiger partial charge on any atom is -0.379 e. The summed E-state index contributed by atoms with van der Waals surface area (Å²) in [6.07, 6.45) is 3.14. The summed E-state index contributed by atoms with van der Waals surface area (Å²) in [5.74, 6) is -0.372. The Morgan fingerprint density at radius 3 is 2.64 bits per heavy atom. The van der Waals surface area contributed by atoms with E-state index in [2.05, 4.69) is 41.1 Å². The molecule has 2 saturated heterocycles. The van der Waals surface area contributed by atoms with Crippen LogP contribution in [-0.4, -0.2) is 59.8 Å². The molecule has 2 aromatic rings. The van der Waals surface area contributed by atoms with Crippen LogP contribution in [0.15, 0.2) is 24.3 Å². The molecular weight excluding hydrogens is 438 g/mol. The van der Waals surface area contributed by atoms with Crippen molar-refractivity contribution in [1.29, 1.82) is 0 Å². The van der Waals surface area contributed by atoms with E-state index in [1.165, 1.54) is 16.9 Å². The van der Waals surface area contributed by atoms with Gasteiger partial charge in [-0.2, -0.15) is 4.48 Å². The summed E-state index contributed by atoms with van der Waals surface area (Å²) in [6, 6.07) is 8.13. The summed E-state index contributed by atoms with van der Waals surface area (Å²) in [5, 5.41) is 10.4. The lowest BCUT2D eigenvalue weighted by Crippen LogP contribution is -2.46. The first kappa shape index (κ1) is 23.9. The molecule has 3 atom stereocenters. The van der Waals surface area contributed by atoms with E-state index in [9.17, 15) is 9.59 Å². The van der Waals surface area contributed by atoms with Crippen molar-refractivity contribution in [1.82, 2.24) is 19.6 Å². The number of amides is 2. The summed E-state index contributed by atoms with van der Waals surface area (Å²) < 4.78 is 5.36. The predicted molar refractivity (Wildman–Crippen MR) is 129 cm³/mol. The highest BCUT2D eigenvalue weighted by Gasteiger charge is 2.54. The van der Waals surface area contributed by atoms with Crippen molar-refractivity contribution in [2.24, 2.45) is 17.6 Å². The molecular formula is C24H34N5O3S+. The average Bonchev–Trinajstić information content (AvgIpc) is 3.44. The van der Waals surface area contributed by atoms with Gasteiger partial charge < -0.3 is 10.5 Å². The van der Waals surface area contributed by atoms with E-state index in [-0.39, 0.29) is 16.8 Å². The molecule has 0 spiro atoms. The van der Waals surface area contributed by atoms with Gasteiger partial charge in [0.1, 0.15) is 23.2 Å². The number of quaternary nitrogens is 1. The molecule has 2 fully saturated rings. The lowest BCUT2D eigenvalue weighted by Gasteiger charge is -2.28. The Morgan fingerprint density at radius 2 is 2.00 bits per heavy atom. The number of carbonyl (C=O) groups excluding carboxylic acids is 2. The van der Waals surface area contributed by atoms with Crippen molar-refractivity contribution in [3.05, 3.63) is 34.8 Å². The van der Waals surface area contributed by atoms with Gasteiger partial charge in [0.15, 0.2) is 0 Å². The third kappa shape index (κ3) is 5.16. The second-order valence-corrected chi connectivity index (χ2v) is 10.3. The van der Waals surface area contributed by atoms with Gasteiger partial charge in [0.25, 0.3) is 0 Å². The van der Waals surface area contributed by atoms with Crippen molar-refractivity contribution in [3.63, 3.8) is 0 Å². The summed E-state index contributed by atoms with van der Waals surface area (Å²) in [7, 11) is 0. The Balaban J connectivity index is 1.61. The first-order valence-electron chi connectivity index (χ1n) is 11.9. The number of ether oxygens (including phenoxy) is 1. The van der Waals surface area contributed by atoms with Crippen LogP contribution >= 0.6 is 11.3 Å². The fourth-order valence-electron chi connectivity index (χ4n) is 4.55. The Kier molecular flexibility index (Phi) is 7.53. The van der Waals surface area contributed by atoms with Crippen LogP contribution in [0, 0.1) is 11.8 Å². The molecule has 2 N–H and O–H groups in total. The van der Waals surface area contributed by atoms with E-state index in [1.54, 1.807) is 0 Å². The molecule has 1 aromatic heterocycles. The molecule has 8 nitrogen and oxygen atoms in total. The molecule has 4 rings (SSSR count). The Hall–Kier alpha value is -2.20.